The number of hydrogen-bond acceptors (Lipinski definition) is 2. The standard InChI is InChI=1S/C14H12BrF2NO/c15-9-5-6-10(12(17)7-9)14(8-19)18-13-4-2-1-3-11(13)16/h1-7,14,18-19H,8H2. The van der Waals surface area contributed by atoms with Gasteiger partial charge in [-0.1, -0.05) is 34.1 Å². The maximum atomic E-state index is 13.8. The van der Waals surface area contributed by atoms with Crippen LogP contribution in [-0.4, -0.2) is 11.7 Å². The van der Waals surface area contributed by atoms with Gasteiger partial charge in [-0.05, 0) is 24.3 Å². The molecular formula is C14H12BrF2NO. The van der Waals surface area contributed by atoms with E-state index < -0.39 is 17.7 Å². The number of aliphatic hydroxyl groups is 1. The second kappa shape index (κ2) is 6.12. The Balaban J connectivity index is 2.28. The molecular weight excluding hydrogens is 316 g/mol. The number of rotatable bonds is 4. The summed E-state index contributed by atoms with van der Waals surface area (Å²) in [6.07, 6.45) is 0. The fourth-order valence-corrected chi connectivity index (χ4v) is 2.10. The van der Waals surface area contributed by atoms with Gasteiger partial charge in [0.1, 0.15) is 11.6 Å². The highest BCUT2D eigenvalue weighted by Gasteiger charge is 2.16. The molecule has 2 rings (SSSR count). The number of halogens is 3. The fourth-order valence-electron chi connectivity index (χ4n) is 1.77. The van der Waals surface area contributed by atoms with Gasteiger partial charge in [-0.2, -0.15) is 0 Å². The van der Waals surface area contributed by atoms with Crippen LogP contribution in [0.25, 0.3) is 0 Å². The van der Waals surface area contributed by atoms with Crippen LogP contribution in [0.3, 0.4) is 0 Å². The van der Waals surface area contributed by atoms with Gasteiger partial charge in [-0.15, -0.1) is 0 Å². The van der Waals surface area contributed by atoms with Crippen LogP contribution in [0.5, 0.6) is 0 Å². The van der Waals surface area contributed by atoms with Gasteiger partial charge in [0.05, 0.1) is 18.3 Å². The molecule has 19 heavy (non-hydrogen) atoms. The van der Waals surface area contributed by atoms with Gasteiger partial charge in [0.25, 0.3) is 0 Å². The molecule has 0 heterocycles. The number of aliphatic hydroxyl groups excluding tert-OH is 1. The van der Waals surface area contributed by atoms with Crippen LogP contribution in [0.4, 0.5) is 14.5 Å². The maximum absolute atomic E-state index is 13.8. The zero-order valence-corrected chi connectivity index (χ0v) is 11.5. The van der Waals surface area contributed by atoms with Crippen LogP contribution in [0.2, 0.25) is 0 Å². The SMILES string of the molecule is OCC(Nc1ccccc1F)c1ccc(Br)cc1F. The van der Waals surface area contributed by atoms with E-state index in [1.54, 1.807) is 24.3 Å². The molecule has 1 unspecified atom stereocenters. The van der Waals surface area contributed by atoms with E-state index in [9.17, 15) is 13.9 Å². The van der Waals surface area contributed by atoms with Gasteiger partial charge in [0, 0.05) is 10.0 Å². The van der Waals surface area contributed by atoms with Crippen molar-refractivity contribution in [3.05, 3.63) is 64.1 Å². The number of benzene rings is 2. The van der Waals surface area contributed by atoms with E-state index in [0.717, 1.165) is 0 Å². The van der Waals surface area contributed by atoms with Crippen molar-refractivity contribution in [3.8, 4) is 0 Å². The molecule has 0 aliphatic heterocycles. The Labute approximate surface area is 118 Å². The lowest BCUT2D eigenvalue weighted by Crippen LogP contribution is -2.17. The van der Waals surface area contributed by atoms with Crippen molar-refractivity contribution in [2.75, 3.05) is 11.9 Å². The van der Waals surface area contributed by atoms with E-state index in [4.69, 9.17) is 0 Å². The Morgan fingerprint density at radius 3 is 2.47 bits per heavy atom. The monoisotopic (exact) mass is 327 g/mol. The van der Waals surface area contributed by atoms with Gasteiger partial charge in [-0.25, -0.2) is 8.78 Å². The third kappa shape index (κ3) is 3.30. The molecule has 0 aromatic heterocycles. The molecule has 0 amide bonds. The Morgan fingerprint density at radius 2 is 1.84 bits per heavy atom. The number of para-hydroxylation sites is 1. The highest BCUT2D eigenvalue weighted by atomic mass is 79.9. The molecule has 2 N–H and O–H groups in total. The lowest BCUT2D eigenvalue weighted by Gasteiger charge is -2.19. The molecule has 0 saturated carbocycles. The number of nitrogens with one attached hydrogen (secondary N) is 1. The van der Waals surface area contributed by atoms with Gasteiger partial charge in [0.2, 0.25) is 0 Å². The molecule has 5 heteroatoms. The van der Waals surface area contributed by atoms with Crippen LogP contribution in [0.1, 0.15) is 11.6 Å². The zero-order chi connectivity index (χ0) is 13.8. The highest BCUT2D eigenvalue weighted by molar-refractivity contribution is 9.10. The Kier molecular flexibility index (Phi) is 4.50. The molecule has 2 aromatic rings. The quantitative estimate of drug-likeness (QED) is 0.893. The topological polar surface area (TPSA) is 32.3 Å². The van der Waals surface area contributed by atoms with Crippen LogP contribution < -0.4 is 5.32 Å². The number of hydrogen-bond donors (Lipinski definition) is 2. The summed E-state index contributed by atoms with van der Waals surface area (Å²) in [5, 5.41) is 12.2. The first-order valence-electron chi connectivity index (χ1n) is 5.68. The summed E-state index contributed by atoms with van der Waals surface area (Å²) in [5.74, 6) is -0.907. The van der Waals surface area contributed by atoms with Crippen LogP contribution in [-0.2, 0) is 0 Å². The minimum absolute atomic E-state index is 0.226. The van der Waals surface area contributed by atoms with Crippen molar-refractivity contribution in [1.29, 1.82) is 0 Å². The minimum atomic E-state index is -0.704. The normalized spacial score (nSPS) is 12.2. The first kappa shape index (κ1) is 14.0. The van der Waals surface area contributed by atoms with Crippen molar-refractivity contribution < 1.29 is 13.9 Å². The molecule has 0 aliphatic carbocycles. The first-order valence-corrected chi connectivity index (χ1v) is 6.48. The third-order valence-corrected chi connectivity index (χ3v) is 3.22. The summed E-state index contributed by atoms with van der Waals surface area (Å²) in [5.41, 5.74) is 0.512. The lowest BCUT2D eigenvalue weighted by atomic mass is 10.1. The smallest absolute Gasteiger partial charge is 0.146 e. The largest absolute Gasteiger partial charge is 0.394 e. The first-order chi connectivity index (χ1) is 9.11. The van der Waals surface area contributed by atoms with E-state index >= 15 is 0 Å². The summed E-state index contributed by atoms with van der Waals surface area (Å²) >= 11 is 3.16. The second-order valence-electron chi connectivity index (χ2n) is 4.03. The molecule has 0 radical (unpaired) electrons. The second-order valence-corrected chi connectivity index (χ2v) is 4.94. The van der Waals surface area contributed by atoms with E-state index in [1.165, 1.54) is 18.2 Å². The summed E-state index contributed by atoms with van der Waals surface area (Å²) in [4.78, 5) is 0. The van der Waals surface area contributed by atoms with Crippen LogP contribution >= 0.6 is 15.9 Å². The zero-order valence-electron chi connectivity index (χ0n) is 9.91. The molecule has 100 valence electrons. The number of anilines is 1. The maximum Gasteiger partial charge on any atom is 0.146 e. The lowest BCUT2D eigenvalue weighted by molar-refractivity contribution is 0.273. The van der Waals surface area contributed by atoms with Crippen molar-refractivity contribution in [1.82, 2.24) is 0 Å². The predicted molar refractivity (Wildman–Crippen MR) is 73.9 cm³/mol. The van der Waals surface area contributed by atoms with E-state index in [1.807, 2.05) is 0 Å². The molecule has 2 aromatic carbocycles. The van der Waals surface area contributed by atoms with Crippen molar-refractivity contribution in [2.45, 2.75) is 6.04 Å². The average molecular weight is 328 g/mol. The van der Waals surface area contributed by atoms with Gasteiger partial charge in [0.15, 0.2) is 0 Å². The van der Waals surface area contributed by atoms with Gasteiger partial charge >= 0.3 is 0 Å². The van der Waals surface area contributed by atoms with Crippen molar-refractivity contribution >= 4 is 21.6 Å². The molecule has 0 saturated heterocycles. The van der Waals surface area contributed by atoms with Gasteiger partial charge in [-0.3, -0.25) is 0 Å². The highest BCUT2D eigenvalue weighted by Crippen LogP contribution is 2.25. The molecule has 0 bridgehead atoms. The van der Waals surface area contributed by atoms with Crippen LogP contribution in [0, 0.1) is 11.6 Å². The molecule has 2 nitrogen and oxygen atoms in total. The average Bonchev–Trinajstić information content (AvgIpc) is 2.39. The Bertz CT molecular complexity index is 577. The van der Waals surface area contributed by atoms with E-state index in [0.29, 0.717) is 4.47 Å². The van der Waals surface area contributed by atoms with E-state index in [2.05, 4.69) is 21.2 Å². The summed E-state index contributed by atoms with van der Waals surface area (Å²) in [6.45, 7) is -0.340. The summed E-state index contributed by atoms with van der Waals surface area (Å²) in [7, 11) is 0. The van der Waals surface area contributed by atoms with Crippen molar-refractivity contribution in [2.24, 2.45) is 0 Å². The predicted octanol–water partition coefficient (Wildman–Crippen LogP) is 3.87. The third-order valence-electron chi connectivity index (χ3n) is 2.72. The summed E-state index contributed by atoms with van der Waals surface area (Å²) < 4.78 is 27.9. The minimum Gasteiger partial charge on any atom is -0.394 e. The van der Waals surface area contributed by atoms with Crippen molar-refractivity contribution in [3.63, 3.8) is 0 Å². The molecule has 0 fully saturated rings. The van der Waals surface area contributed by atoms with E-state index in [-0.39, 0.29) is 17.9 Å². The fraction of sp³-hybridized carbons (Fsp3) is 0.143. The molecule has 1 atom stereocenters. The molecule has 0 spiro atoms. The van der Waals surface area contributed by atoms with Gasteiger partial charge < -0.3 is 10.4 Å². The summed E-state index contributed by atoms with van der Waals surface area (Å²) in [6, 6.07) is 9.89. The Hall–Kier alpha value is -1.46. The molecule has 0 aliphatic rings. The van der Waals surface area contributed by atoms with Crippen LogP contribution in [0.15, 0.2) is 46.9 Å². The Morgan fingerprint density at radius 1 is 1.11 bits per heavy atom.